The Bertz CT molecular complexity index is 495. The summed E-state index contributed by atoms with van der Waals surface area (Å²) in [5.74, 6) is 0.135. The highest BCUT2D eigenvalue weighted by Crippen LogP contribution is 2.41. The van der Waals surface area contributed by atoms with Gasteiger partial charge in [0, 0.05) is 19.1 Å². The summed E-state index contributed by atoms with van der Waals surface area (Å²) in [6, 6.07) is 1.01. The summed E-state index contributed by atoms with van der Waals surface area (Å²) in [5.41, 5.74) is 0. The molecule has 0 bridgehead atoms. The van der Waals surface area contributed by atoms with Gasteiger partial charge in [0.05, 0.1) is 5.75 Å². The van der Waals surface area contributed by atoms with Gasteiger partial charge in [0.1, 0.15) is 0 Å². The van der Waals surface area contributed by atoms with Crippen molar-refractivity contribution in [3.63, 3.8) is 0 Å². The van der Waals surface area contributed by atoms with E-state index in [0.29, 0.717) is 12.1 Å². The molecule has 3 rings (SSSR count). The third-order valence-electron chi connectivity index (χ3n) is 4.07. The molecule has 0 radical (unpaired) electrons. The van der Waals surface area contributed by atoms with Gasteiger partial charge in [0.15, 0.2) is 5.16 Å². The molecule has 1 aromatic heterocycles. The Morgan fingerprint density at radius 3 is 2.65 bits per heavy atom. The molecule has 0 saturated heterocycles. The van der Waals surface area contributed by atoms with E-state index in [1.165, 1.54) is 37.4 Å². The summed E-state index contributed by atoms with van der Waals surface area (Å²) in [7, 11) is 2.09. The summed E-state index contributed by atoms with van der Waals surface area (Å²) in [6.45, 7) is 0. The first-order valence-electron chi connectivity index (χ1n) is 7.19. The van der Waals surface area contributed by atoms with Crippen molar-refractivity contribution in [2.75, 3.05) is 17.7 Å². The number of carboxylic acid groups (broad SMARTS) is 1. The van der Waals surface area contributed by atoms with Gasteiger partial charge in [-0.3, -0.25) is 9.36 Å². The van der Waals surface area contributed by atoms with Gasteiger partial charge in [-0.1, -0.05) is 24.6 Å². The van der Waals surface area contributed by atoms with Crippen LogP contribution >= 0.6 is 11.8 Å². The van der Waals surface area contributed by atoms with Crippen molar-refractivity contribution < 1.29 is 9.90 Å². The molecule has 6 nitrogen and oxygen atoms in total. The predicted octanol–water partition coefficient (Wildman–Crippen LogP) is 2.17. The van der Waals surface area contributed by atoms with Crippen LogP contribution in [0.1, 0.15) is 44.6 Å². The Hall–Kier alpha value is -1.24. The molecule has 1 N–H and O–H groups in total. The highest BCUT2D eigenvalue weighted by atomic mass is 32.2. The topological polar surface area (TPSA) is 71.2 Å². The third kappa shape index (κ3) is 2.77. The van der Waals surface area contributed by atoms with Crippen LogP contribution in [0.4, 0.5) is 5.95 Å². The smallest absolute Gasteiger partial charge is 0.313 e. The van der Waals surface area contributed by atoms with Gasteiger partial charge in [0.25, 0.3) is 0 Å². The lowest BCUT2D eigenvalue weighted by molar-refractivity contribution is -0.133. The van der Waals surface area contributed by atoms with Crippen molar-refractivity contribution in [2.24, 2.45) is 0 Å². The van der Waals surface area contributed by atoms with Crippen molar-refractivity contribution >= 4 is 23.7 Å². The number of aromatic nitrogens is 3. The summed E-state index contributed by atoms with van der Waals surface area (Å²) in [5, 5.41) is 18.1. The van der Waals surface area contributed by atoms with Gasteiger partial charge in [-0.2, -0.15) is 0 Å². The van der Waals surface area contributed by atoms with Gasteiger partial charge >= 0.3 is 5.97 Å². The highest BCUT2D eigenvalue weighted by molar-refractivity contribution is 7.99. The second-order valence-electron chi connectivity index (χ2n) is 5.62. The lowest BCUT2D eigenvalue weighted by Crippen LogP contribution is -2.31. The lowest BCUT2D eigenvalue weighted by Gasteiger charge is -2.25. The second-order valence-corrected chi connectivity index (χ2v) is 6.56. The van der Waals surface area contributed by atoms with Crippen LogP contribution in [0.2, 0.25) is 0 Å². The van der Waals surface area contributed by atoms with E-state index in [-0.39, 0.29) is 5.75 Å². The molecule has 2 aliphatic carbocycles. The van der Waals surface area contributed by atoms with Gasteiger partial charge < -0.3 is 10.0 Å². The van der Waals surface area contributed by atoms with Crippen molar-refractivity contribution in [2.45, 2.75) is 55.8 Å². The normalized spacial score (nSPS) is 19.4. The average molecular weight is 296 g/mol. The first kappa shape index (κ1) is 13.7. The highest BCUT2D eigenvalue weighted by Gasteiger charge is 2.33. The molecule has 20 heavy (non-hydrogen) atoms. The van der Waals surface area contributed by atoms with E-state index in [1.807, 2.05) is 0 Å². The molecule has 1 heterocycles. The van der Waals surface area contributed by atoms with E-state index in [9.17, 15) is 4.79 Å². The van der Waals surface area contributed by atoms with Crippen molar-refractivity contribution in [1.29, 1.82) is 0 Å². The molecule has 0 amide bonds. The first-order valence-corrected chi connectivity index (χ1v) is 8.17. The van der Waals surface area contributed by atoms with Crippen molar-refractivity contribution in [3.8, 4) is 0 Å². The number of anilines is 1. The zero-order chi connectivity index (χ0) is 14.1. The summed E-state index contributed by atoms with van der Waals surface area (Å²) in [4.78, 5) is 13.0. The van der Waals surface area contributed by atoms with Crippen LogP contribution in [0.25, 0.3) is 0 Å². The van der Waals surface area contributed by atoms with Gasteiger partial charge in [-0.05, 0) is 25.7 Å². The number of rotatable bonds is 6. The molecule has 2 fully saturated rings. The fourth-order valence-electron chi connectivity index (χ4n) is 2.84. The zero-order valence-corrected chi connectivity index (χ0v) is 12.5. The third-order valence-corrected chi connectivity index (χ3v) is 5.00. The van der Waals surface area contributed by atoms with E-state index in [2.05, 4.69) is 26.7 Å². The Morgan fingerprint density at radius 2 is 2.05 bits per heavy atom. The number of aliphatic carboxylic acids is 1. The van der Waals surface area contributed by atoms with E-state index < -0.39 is 5.97 Å². The second kappa shape index (κ2) is 5.63. The molecule has 0 aliphatic heterocycles. The van der Waals surface area contributed by atoms with Crippen LogP contribution in [0.5, 0.6) is 0 Å². The van der Waals surface area contributed by atoms with E-state index in [1.54, 1.807) is 0 Å². The zero-order valence-electron chi connectivity index (χ0n) is 11.7. The fourth-order valence-corrected chi connectivity index (χ4v) is 3.56. The summed E-state index contributed by atoms with van der Waals surface area (Å²) >= 11 is 1.27. The minimum absolute atomic E-state index is 0.0397. The van der Waals surface area contributed by atoms with Crippen LogP contribution < -0.4 is 4.90 Å². The Labute approximate surface area is 122 Å². The standard InChI is InChI=1S/C13H20N4O2S/c1-16(9-4-2-3-5-9)12-14-15-13(20-8-11(18)19)17(12)10-6-7-10/h9-10H,2-8H2,1H3,(H,18,19). The van der Waals surface area contributed by atoms with Gasteiger partial charge in [0.2, 0.25) is 5.95 Å². The Morgan fingerprint density at radius 1 is 1.35 bits per heavy atom. The molecule has 0 spiro atoms. The molecular formula is C13H20N4O2S. The van der Waals surface area contributed by atoms with E-state index in [0.717, 1.165) is 23.9 Å². The molecule has 0 aromatic carbocycles. The Kier molecular flexibility index (Phi) is 3.87. The largest absolute Gasteiger partial charge is 0.481 e. The number of carbonyl (C=O) groups is 1. The van der Waals surface area contributed by atoms with Crippen molar-refractivity contribution in [3.05, 3.63) is 0 Å². The van der Waals surface area contributed by atoms with Crippen LogP contribution in [0, 0.1) is 0 Å². The molecule has 7 heteroatoms. The molecular weight excluding hydrogens is 276 g/mol. The molecule has 110 valence electrons. The summed E-state index contributed by atoms with van der Waals surface area (Å²) in [6.07, 6.45) is 7.28. The Balaban J connectivity index is 1.81. The minimum atomic E-state index is -0.814. The quantitative estimate of drug-likeness (QED) is 0.811. The minimum Gasteiger partial charge on any atom is -0.481 e. The maximum Gasteiger partial charge on any atom is 0.313 e. The van der Waals surface area contributed by atoms with Gasteiger partial charge in [-0.25, -0.2) is 0 Å². The maximum atomic E-state index is 10.7. The number of nitrogens with zero attached hydrogens (tertiary/aromatic N) is 4. The van der Waals surface area contributed by atoms with E-state index >= 15 is 0 Å². The fraction of sp³-hybridized carbons (Fsp3) is 0.769. The van der Waals surface area contributed by atoms with Gasteiger partial charge in [-0.15, -0.1) is 10.2 Å². The molecule has 0 unspecified atom stereocenters. The van der Waals surface area contributed by atoms with Crippen molar-refractivity contribution in [1.82, 2.24) is 14.8 Å². The predicted molar refractivity (Wildman–Crippen MR) is 77.3 cm³/mol. The van der Waals surface area contributed by atoms with Crippen LogP contribution in [-0.2, 0) is 4.79 Å². The van der Waals surface area contributed by atoms with Crippen LogP contribution in [0.3, 0.4) is 0 Å². The summed E-state index contributed by atoms with van der Waals surface area (Å²) < 4.78 is 2.14. The molecule has 2 saturated carbocycles. The molecule has 2 aliphatic rings. The van der Waals surface area contributed by atoms with Crippen LogP contribution in [0.15, 0.2) is 5.16 Å². The molecule has 1 aromatic rings. The lowest BCUT2D eigenvalue weighted by atomic mass is 10.2. The number of carboxylic acids is 1. The maximum absolute atomic E-state index is 10.7. The number of thioether (sulfide) groups is 1. The molecule has 0 atom stereocenters. The number of hydrogen-bond donors (Lipinski definition) is 1. The average Bonchev–Trinajstić information content (AvgIpc) is 2.96. The SMILES string of the molecule is CN(c1nnc(SCC(=O)O)n1C1CC1)C1CCCC1. The number of hydrogen-bond acceptors (Lipinski definition) is 5. The first-order chi connectivity index (χ1) is 9.66. The monoisotopic (exact) mass is 296 g/mol. The van der Waals surface area contributed by atoms with Crippen LogP contribution in [-0.4, -0.2) is 44.7 Å². The van der Waals surface area contributed by atoms with E-state index in [4.69, 9.17) is 5.11 Å².